The summed E-state index contributed by atoms with van der Waals surface area (Å²) in [5.41, 5.74) is -0.185. The Morgan fingerprint density at radius 2 is 1.75 bits per heavy atom. The fourth-order valence-electron chi connectivity index (χ4n) is 0.904. The van der Waals surface area contributed by atoms with Crippen molar-refractivity contribution in [3.63, 3.8) is 0 Å². The third kappa shape index (κ3) is 4.31. The summed E-state index contributed by atoms with van der Waals surface area (Å²) in [5.74, 6) is -1.38. The number of hydrogen-bond donors (Lipinski definition) is 3. The summed E-state index contributed by atoms with van der Waals surface area (Å²) < 4.78 is 0. The first-order valence-corrected chi connectivity index (χ1v) is 3.83. The van der Waals surface area contributed by atoms with Crippen LogP contribution in [0.2, 0.25) is 0 Å². The molecule has 0 aromatic rings. The standard InChI is InChI=1S/C8H16O4/c1-8(2,3)4-5(9)6(10)7(11)12/h5-6,9-10H,4H2,1-3H3,(H,11,12). The van der Waals surface area contributed by atoms with Gasteiger partial charge in [-0.25, -0.2) is 4.79 Å². The van der Waals surface area contributed by atoms with Crippen molar-refractivity contribution in [3.05, 3.63) is 0 Å². The minimum absolute atomic E-state index is 0.185. The van der Waals surface area contributed by atoms with Crippen LogP contribution in [0.25, 0.3) is 0 Å². The van der Waals surface area contributed by atoms with Crippen LogP contribution in [0, 0.1) is 5.41 Å². The van der Waals surface area contributed by atoms with E-state index < -0.39 is 18.2 Å². The molecule has 0 saturated heterocycles. The van der Waals surface area contributed by atoms with Gasteiger partial charge in [0.2, 0.25) is 0 Å². The molecule has 12 heavy (non-hydrogen) atoms. The fourth-order valence-corrected chi connectivity index (χ4v) is 0.904. The molecule has 3 N–H and O–H groups in total. The predicted molar refractivity (Wildman–Crippen MR) is 43.7 cm³/mol. The third-order valence-electron chi connectivity index (χ3n) is 1.44. The number of carboxylic acid groups (broad SMARTS) is 1. The summed E-state index contributed by atoms with van der Waals surface area (Å²) in [7, 11) is 0. The van der Waals surface area contributed by atoms with Gasteiger partial charge in [-0.3, -0.25) is 0 Å². The van der Waals surface area contributed by atoms with E-state index in [2.05, 4.69) is 0 Å². The molecule has 0 heterocycles. The van der Waals surface area contributed by atoms with Gasteiger partial charge in [-0.15, -0.1) is 0 Å². The molecule has 2 unspecified atom stereocenters. The predicted octanol–water partition coefficient (Wildman–Crippen LogP) is 0.229. The normalized spacial score (nSPS) is 17.1. The second-order valence-electron chi connectivity index (χ2n) is 4.12. The van der Waals surface area contributed by atoms with Gasteiger partial charge in [-0.05, 0) is 11.8 Å². The summed E-state index contributed by atoms with van der Waals surface area (Å²) >= 11 is 0. The van der Waals surface area contributed by atoms with E-state index in [1.165, 1.54) is 0 Å². The minimum atomic E-state index is -1.68. The van der Waals surface area contributed by atoms with E-state index in [1.807, 2.05) is 20.8 Å². The lowest BCUT2D eigenvalue weighted by molar-refractivity contribution is -0.153. The zero-order valence-electron chi connectivity index (χ0n) is 7.61. The fraction of sp³-hybridized carbons (Fsp3) is 0.875. The first-order chi connectivity index (χ1) is 5.24. The largest absolute Gasteiger partial charge is 0.479 e. The van der Waals surface area contributed by atoms with Crippen LogP contribution in [0.15, 0.2) is 0 Å². The van der Waals surface area contributed by atoms with E-state index in [4.69, 9.17) is 10.2 Å². The van der Waals surface area contributed by atoms with Crippen molar-refractivity contribution >= 4 is 5.97 Å². The van der Waals surface area contributed by atoms with Gasteiger partial charge in [0.05, 0.1) is 6.10 Å². The SMILES string of the molecule is CC(C)(C)CC(O)C(O)C(=O)O. The Kier molecular flexibility index (Phi) is 3.67. The molecule has 0 aromatic carbocycles. The number of aliphatic hydroxyl groups is 2. The average Bonchev–Trinajstić information content (AvgIpc) is 1.82. The number of carboxylic acids is 1. The smallest absolute Gasteiger partial charge is 0.335 e. The van der Waals surface area contributed by atoms with Crippen LogP contribution in [0.1, 0.15) is 27.2 Å². The van der Waals surface area contributed by atoms with Gasteiger partial charge in [0.15, 0.2) is 6.10 Å². The van der Waals surface area contributed by atoms with E-state index in [9.17, 15) is 9.90 Å². The molecular formula is C8H16O4. The zero-order valence-corrected chi connectivity index (χ0v) is 7.61. The van der Waals surface area contributed by atoms with E-state index in [1.54, 1.807) is 0 Å². The Bertz CT molecular complexity index is 159. The van der Waals surface area contributed by atoms with Crippen molar-refractivity contribution in [3.8, 4) is 0 Å². The first-order valence-electron chi connectivity index (χ1n) is 3.83. The van der Waals surface area contributed by atoms with Gasteiger partial charge in [-0.1, -0.05) is 20.8 Å². The molecule has 0 spiro atoms. The van der Waals surface area contributed by atoms with Crippen LogP contribution < -0.4 is 0 Å². The molecule has 4 heteroatoms. The van der Waals surface area contributed by atoms with Crippen LogP contribution in [-0.2, 0) is 4.79 Å². The summed E-state index contributed by atoms with van der Waals surface area (Å²) in [6, 6.07) is 0. The summed E-state index contributed by atoms with van der Waals surface area (Å²) in [6.07, 6.45) is -2.60. The molecule has 0 saturated carbocycles. The molecule has 0 aliphatic carbocycles. The number of carbonyl (C=O) groups is 1. The molecule has 0 aromatic heterocycles. The summed E-state index contributed by atoms with van der Waals surface area (Å²) in [6.45, 7) is 5.60. The van der Waals surface area contributed by atoms with Gasteiger partial charge in [0.25, 0.3) is 0 Å². The summed E-state index contributed by atoms with van der Waals surface area (Å²) in [5, 5.41) is 26.4. The Morgan fingerprint density at radius 3 is 2.00 bits per heavy atom. The van der Waals surface area contributed by atoms with E-state index in [0.717, 1.165) is 0 Å². The topological polar surface area (TPSA) is 77.8 Å². The van der Waals surface area contributed by atoms with E-state index >= 15 is 0 Å². The molecule has 0 rings (SSSR count). The van der Waals surface area contributed by atoms with E-state index in [0.29, 0.717) is 0 Å². The minimum Gasteiger partial charge on any atom is -0.479 e. The number of rotatable bonds is 3. The van der Waals surface area contributed by atoms with Crippen LogP contribution in [0.4, 0.5) is 0 Å². The molecule has 0 bridgehead atoms. The van der Waals surface area contributed by atoms with Gasteiger partial charge in [0.1, 0.15) is 0 Å². The van der Waals surface area contributed by atoms with Gasteiger partial charge < -0.3 is 15.3 Å². The van der Waals surface area contributed by atoms with Crippen molar-refractivity contribution in [1.29, 1.82) is 0 Å². The van der Waals surface area contributed by atoms with Crippen molar-refractivity contribution in [2.75, 3.05) is 0 Å². The van der Waals surface area contributed by atoms with Gasteiger partial charge in [-0.2, -0.15) is 0 Å². The second-order valence-corrected chi connectivity index (χ2v) is 4.12. The van der Waals surface area contributed by atoms with Crippen molar-refractivity contribution in [2.24, 2.45) is 5.41 Å². The number of aliphatic carboxylic acids is 1. The number of aliphatic hydroxyl groups excluding tert-OH is 2. The monoisotopic (exact) mass is 176 g/mol. The lowest BCUT2D eigenvalue weighted by atomic mass is 9.87. The molecule has 4 nitrogen and oxygen atoms in total. The van der Waals surface area contributed by atoms with Gasteiger partial charge in [0, 0.05) is 0 Å². The maximum atomic E-state index is 10.2. The highest BCUT2D eigenvalue weighted by Crippen LogP contribution is 2.22. The quantitative estimate of drug-likeness (QED) is 0.575. The van der Waals surface area contributed by atoms with Crippen LogP contribution >= 0.6 is 0 Å². The van der Waals surface area contributed by atoms with Crippen LogP contribution in [0.5, 0.6) is 0 Å². The molecule has 0 aliphatic rings. The Labute approximate surface area is 71.8 Å². The highest BCUT2D eigenvalue weighted by molar-refractivity contribution is 5.72. The maximum Gasteiger partial charge on any atom is 0.335 e. The molecule has 0 radical (unpaired) electrons. The second kappa shape index (κ2) is 3.87. The third-order valence-corrected chi connectivity index (χ3v) is 1.44. The molecule has 0 amide bonds. The van der Waals surface area contributed by atoms with Gasteiger partial charge >= 0.3 is 5.97 Å². The molecule has 0 aliphatic heterocycles. The Hall–Kier alpha value is -0.610. The summed E-state index contributed by atoms with van der Waals surface area (Å²) in [4.78, 5) is 10.2. The highest BCUT2D eigenvalue weighted by atomic mass is 16.4. The molecule has 0 fully saturated rings. The van der Waals surface area contributed by atoms with Crippen LogP contribution in [-0.4, -0.2) is 33.5 Å². The first kappa shape index (κ1) is 11.4. The van der Waals surface area contributed by atoms with E-state index in [-0.39, 0.29) is 11.8 Å². The van der Waals surface area contributed by atoms with Crippen molar-refractivity contribution in [1.82, 2.24) is 0 Å². The number of hydrogen-bond acceptors (Lipinski definition) is 3. The Balaban J connectivity index is 4.04. The van der Waals surface area contributed by atoms with Crippen molar-refractivity contribution < 1.29 is 20.1 Å². The van der Waals surface area contributed by atoms with Crippen molar-refractivity contribution in [2.45, 2.75) is 39.4 Å². The molecule has 72 valence electrons. The Morgan fingerprint density at radius 1 is 1.33 bits per heavy atom. The molecule has 2 atom stereocenters. The highest BCUT2D eigenvalue weighted by Gasteiger charge is 2.27. The lowest BCUT2D eigenvalue weighted by Crippen LogP contribution is -2.36. The van der Waals surface area contributed by atoms with Crippen LogP contribution in [0.3, 0.4) is 0 Å². The lowest BCUT2D eigenvalue weighted by Gasteiger charge is -2.23. The zero-order chi connectivity index (χ0) is 9.94. The molecular weight excluding hydrogens is 160 g/mol. The average molecular weight is 176 g/mol. The maximum absolute atomic E-state index is 10.2.